The first kappa shape index (κ1) is 21.3. The molecule has 5 heteroatoms. The third-order valence-corrected chi connectivity index (χ3v) is 5.29. The summed E-state index contributed by atoms with van der Waals surface area (Å²) in [4.78, 5) is 4.55. The van der Waals surface area contributed by atoms with Gasteiger partial charge in [0.05, 0.1) is 0 Å². The van der Waals surface area contributed by atoms with Gasteiger partial charge in [-0.2, -0.15) is 0 Å². The van der Waals surface area contributed by atoms with Crippen molar-refractivity contribution in [3.8, 4) is 0 Å². The minimum absolute atomic E-state index is 0.171. The monoisotopic (exact) mass is 346 g/mol. The molecule has 0 aliphatic heterocycles. The van der Waals surface area contributed by atoms with E-state index in [9.17, 15) is 0 Å². The summed E-state index contributed by atoms with van der Waals surface area (Å²) in [7, 11) is 4.25. The molecule has 0 aliphatic rings. The average Bonchev–Trinajstić information content (AvgIpc) is 2.46. The number of likely N-dealkylation sites (N-methyl/N-ethyl adjacent to an activating group) is 2. The Morgan fingerprint density at radius 2 is 1.10 bits per heavy atom. The van der Waals surface area contributed by atoms with Crippen LogP contribution in [0.1, 0.15) is 54.4 Å². The molecule has 0 radical (unpaired) electrons. The van der Waals surface area contributed by atoms with Gasteiger partial charge in [-0.15, -0.1) is 0 Å². The van der Waals surface area contributed by atoms with Crippen LogP contribution in [0.2, 0.25) is 0 Å². The van der Waals surface area contributed by atoms with Crippen LogP contribution in [0.3, 0.4) is 0 Å². The molecule has 0 aromatic heterocycles. The minimum atomic E-state index is -0.171. The van der Waals surface area contributed by atoms with Gasteiger partial charge in [0.2, 0.25) is 0 Å². The van der Waals surface area contributed by atoms with Crippen LogP contribution in [0.25, 0.3) is 0 Å². The fourth-order valence-corrected chi connectivity index (χ4v) is 2.71. The predicted molar refractivity (Wildman–Crippen MR) is 85.9 cm³/mol. The molecule has 0 aromatic rings. The summed E-state index contributed by atoms with van der Waals surface area (Å²) in [5.74, 6) is 0. The number of hydrogen-bond donors (Lipinski definition) is 0. The molecule has 0 aliphatic carbocycles. The van der Waals surface area contributed by atoms with Gasteiger partial charge >= 0.3 is 139 Å². The Balaban J connectivity index is 4.40. The van der Waals surface area contributed by atoms with Crippen LogP contribution in [-0.2, 0) is 22.8 Å². The Bertz CT molecular complexity index is 255. The van der Waals surface area contributed by atoms with Gasteiger partial charge in [0, 0.05) is 0 Å². The van der Waals surface area contributed by atoms with E-state index in [0.29, 0.717) is 0 Å². The molecule has 21 heavy (non-hydrogen) atoms. The number of rotatable bonds is 12. The van der Waals surface area contributed by atoms with E-state index in [1.165, 1.54) is 0 Å². The van der Waals surface area contributed by atoms with Crippen LogP contribution in [0.15, 0.2) is 0 Å². The summed E-state index contributed by atoms with van der Waals surface area (Å²) >= 11 is 0.967. The van der Waals surface area contributed by atoms with E-state index in [2.05, 4.69) is 65.4 Å². The maximum absolute atomic E-state index is 6.02. The van der Waals surface area contributed by atoms with Crippen molar-refractivity contribution >= 4 is 0 Å². The Hall–Kier alpha value is 0.334. The van der Waals surface area contributed by atoms with Crippen molar-refractivity contribution in [1.82, 2.24) is 9.80 Å². The molecule has 0 heterocycles. The van der Waals surface area contributed by atoms with Gasteiger partial charge in [-0.05, 0) is 0 Å². The second-order valence-electron chi connectivity index (χ2n) is 6.45. The van der Waals surface area contributed by atoms with Crippen molar-refractivity contribution in [1.29, 1.82) is 0 Å². The number of nitrogens with zero attached hydrogens (tertiary/aromatic N) is 2. The Labute approximate surface area is 139 Å². The molecule has 132 valence electrons. The molecule has 2 unspecified atom stereocenters. The topological polar surface area (TPSA) is 24.9 Å². The average molecular weight is 347 g/mol. The molecule has 2 atom stereocenters. The third-order valence-electron chi connectivity index (χ3n) is 4.15. The van der Waals surface area contributed by atoms with Gasteiger partial charge in [0.25, 0.3) is 0 Å². The first-order valence-corrected chi connectivity index (χ1v) is 8.87. The summed E-state index contributed by atoms with van der Waals surface area (Å²) in [5.41, 5.74) is -0.341. The zero-order valence-electron chi connectivity index (χ0n) is 15.3. The maximum atomic E-state index is 6.02. The Morgan fingerprint density at radius 3 is 1.33 bits per heavy atom. The van der Waals surface area contributed by atoms with Crippen LogP contribution in [-0.4, -0.2) is 61.3 Å². The molecular weight excluding hydrogens is 311 g/mol. The second kappa shape index (κ2) is 10.2. The molecular formula is C16H36N2NiO2. The van der Waals surface area contributed by atoms with Crippen LogP contribution >= 0.6 is 0 Å². The normalized spacial score (nSPS) is 18.2. The van der Waals surface area contributed by atoms with Gasteiger partial charge in [0.15, 0.2) is 0 Å². The Morgan fingerprint density at radius 1 is 0.762 bits per heavy atom. The molecule has 0 rings (SSSR count). The third kappa shape index (κ3) is 8.51. The zero-order valence-corrected chi connectivity index (χ0v) is 16.3. The molecule has 0 saturated heterocycles. The molecule has 0 spiro atoms. The predicted octanol–water partition coefficient (Wildman–Crippen LogP) is 3.17. The summed E-state index contributed by atoms with van der Waals surface area (Å²) in [5, 5.41) is 0. The first-order valence-electron chi connectivity index (χ1n) is 8.07. The van der Waals surface area contributed by atoms with Gasteiger partial charge in [-0.1, -0.05) is 0 Å². The van der Waals surface area contributed by atoms with Crippen LogP contribution in [0.5, 0.6) is 0 Å². The van der Waals surface area contributed by atoms with E-state index in [1.54, 1.807) is 0 Å². The van der Waals surface area contributed by atoms with Crippen LogP contribution < -0.4 is 0 Å². The molecule has 4 nitrogen and oxygen atoms in total. The summed E-state index contributed by atoms with van der Waals surface area (Å²) in [6.45, 7) is 16.9. The Kier molecular flexibility index (Phi) is 10.3. The quantitative estimate of drug-likeness (QED) is 0.507. The van der Waals surface area contributed by atoms with Crippen molar-refractivity contribution in [2.24, 2.45) is 0 Å². The first-order chi connectivity index (χ1) is 9.74. The van der Waals surface area contributed by atoms with Crippen LogP contribution in [0.4, 0.5) is 0 Å². The fraction of sp³-hybridized carbons (Fsp3) is 1.00. The number of hydrogen-bond acceptors (Lipinski definition) is 4. The van der Waals surface area contributed by atoms with Crippen molar-refractivity contribution in [3.63, 3.8) is 0 Å². The van der Waals surface area contributed by atoms with E-state index >= 15 is 0 Å². The summed E-state index contributed by atoms with van der Waals surface area (Å²) < 4.78 is 12.0. The van der Waals surface area contributed by atoms with Crippen molar-refractivity contribution < 1.29 is 22.8 Å². The molecule has 0 aromatic carbocycles. The molecule has 0 bridgehead atoms. The van der Waals surface area contributed by atoms with Crippen molar-refractivity contribution in [2.75, 3.05) is 40.3 Å². The molecule has 0 N–H and O–H groups in total. The molecule has 0 saturated carbocycles. The fourth-order valence-electron chi connectivity index (χ4n) is 1.86. The van der Waals surface area contributed by atoms with E-state index in [-0.39, 0.29) is 11.2 Å². The summed E-state index contributed by atoms with van der Waals surface area (Å²) in [6.07, 6.45) is 1.94. The van der Waals surface area contributed by atoms with Gasteiger partial charge in [-0.3, -0.25) is 0 Å². The molecule has 0 amide bonds. The van der Waals surface area contributed by atoms with Crippen LogP contribution in [0, 0.1) is 0 Å². The van der Waals surface area contributed by atoms with E-state index in [4.69, 9.17) is 7.76 Å². The molecule has 0 fully saturated rings. The second-order valence-corrected chi connectivity index (χ2v) is 7.02. The van der Waals surface area contributed by atoms with Gasteiger partial charge < -0.3 is 0 Å². The van der Waals surface area contributed by atoms with Crippen molar-refractivity contribution in [3.05, 3.63) is 0 Å². The van der Waals surface area contributed by atoms with Gasteiger partial charge in [0.1, 0.15) is 0 Å². The van der Waals surface area contributed by atoms with Gasteiger partial charge in [-0.25, -0.2) is 0 Å². The standard InChI is InChI=1S/2C8H18NO.Ni/c2*1-5-8(3,10)7-9(4)6-2;/h2*5-7H2,1-4H3;/q2*-1;+2. The zero-order chi connectivity index (χ0) is 16.5. The van der Waals surface area contributed by atoms with E-state index in [1.807, 2.05) is 0 Å². The van der Waals surface area contributed by atoms with E-state index < -0.39 is 0 Å². The van der Waals surface area contributed by atoms with Crippen molar-refractivity contribution in [2.45, 2.75) is 65.6 Å². The summed E-state index contributed by atoms with van der Waals surface area (Å²) in [6, 6.07) is 0. The van der Waals surface area contributed by atoms with E-state index in [0.717, 1.165) is 54.1 Å². The SMILES string of the molecule is CCN(C)CC(C)(CC)[O][Ni][O]C(C)(CC)CN(C)CC.